The molecule has 16 heavy (non-hydrogen) atoms. The Balaban J connectivity index is 3.49. The van der Waals surface area contributed by atoms with Gasteiger partial charge in [0.2, 0.25) is 5.91 Å². The molecule has 0 aromatic heterocycles. The molecule has 5 nitrogen and oxygen atoms in total. The number of ketones is 1. The number of alkyl halides is 1. The van der Waals surface area contributed by atoms with Crippen LogP contribution in [-0.4, -0.2) is 35.2 Å². The summed E-state index contributed by atoms with van der Waals surface area (Å²) in [6.07, 6.45) is 1.37. The van der Waals surface area contributed by atoms with Crippen LogP contribution in [0.1, 0.15) is 32.1 Å². The zero-order valence-electron chi connectivity index (χ0n) is 9.00. The number of nitrogens with one attached hydrogen (secondary N) is 1. The Morgan fingerprint density at radius 1 is 1.06 bits per heavy atom. The smallest absolute Gasteiger partial charge is 0.303 e. The van der Waals surface area contributed by atoms with Gasteiger partial charge in [0, 0.05) is 25.1 Å². The van der Waals surface area contributed by atoms with Gasteiger partial charge in [0.25, 0.3) is 0 Å². The monoisotopic (exact) mass is 249 g/mol. The second kappa shape index (κ2) is 9.15. The number of hydrogen-bond donors (Lipinski definition) is 2. The van der Waals surface area contributed by atoms with E-state index < -0.39 is 5.97 Å². The first-order chi connectivity index (χ1) is 7.56. The molecule has 0 atom stereocenters. The fraction of sp³-hybridized carbons (Fsp3) is 0.700. The fourth-order valence-electron chi connectivity index (χ4n) is 1.04. The fourth-order valence-corrected chi connectivity index (χ4v) is 1.17. The largest absolute Gasteiger partial charge is 0.481 e. The lowest BCUT2D eigenvalue weighted by Gasteiger charge is -2.03. The summed E-state index contributed by atoms with van der Waals surface area (Å²) in [5.41, 5.74) is 0. The van der Waals surface area contributed by atoms with Gasteiger partial charge in [-0.1, -0.05) is 0 Å². The van der Waals surface area contributed by atoms with Crippen LogP contribution in [0.15, 0.2) is 0 Å². The average Bonchev–Trinajstić information content (AvgIpc) is 2.23. The summed E-state index contributed by atoms with van der Waals surface area (Å²) >= 11 is 5.40. The number of halogens is 1. The summed E-state index contributed by atoms with van der Waals surface area (Å²) in [7, 11) is 0. The maximum atomic E-state index is 11.2. The summed E-state index contributed by atoms with van der Waals surface area (Å²) in [5.74, 6) is -0.855. The molecule has 92 valence electrons. The number of carbonyl (C=O) groups excluding carboxylic acids is 2. The number of aliphatic carboxylic acids is 1. The summed E-state index contributed by atoms with van der Waals surface area (Å²) in [6, 6.07) is 0. The Morgan fingerprint density at radius 2 is 1.75 bits per heavy atom. The molecule has 0 fully saturated rings. The van der Waals surface area contributed by atoms with E-state index in [1.807, 2.05) is 0 Å². The van der Waals surface area contributed by atoms with Crippen LogP contribution in [0.4, 0.5) is 0 Å². The lowest BCUT2D eigenvalue weighted by atomic mass is 10.2. The Labute approximate surface area is 99.2 Å². The molecule has 0 aromatic rings. The molecule has 0 unspecified atom stereocenters. The molecule has 0 saturated carbocycles. The molecule has 0 radical (unpaired) electrons. The van der Waals surface area contributed by atoms with Crippen LogP contribution in [-0.2, 0) is 14.4 Å². The minimum atomic E-state index is -0.918. The van der Waals surface area contributed by atoms with Gasteiger partial charge in [-0.15, -0.1) is 11.6 Å². The third-order valence-electron chi connectivity index (χ3n) is 1.87. The maximum Gasteiger partial charge on any atom is 0.303 e. The van der Waals surface area contributed by atoms with Crippen molar-refractivity contribution in [2.24, 2.45) is 0 Å². The number of Topliss-reactive ketones (excluding diaryl/α,β-unsaturated/α-hetero) is 1. The highest BCUT2D eigenvalue weighted by Crippen LogP contribution is 1.96. The number of rotatable bonds is 9. The lowest BCUT2D eigenvalue weighted by Crippen LogP contribution is -2.29. The lowest BCUT2D eigenvalue weighted by molar-refractivity contribution is -0.137. The zero-order valence-corrected chi connectivity index (χ0v) is 9.76. The van der Waals surface area contributed by atoms with Gasteiger partial charge in [-0.25, -0.2) is 0 Å². The third-order valence-corrected chi connectivity index (χ3v) is 2.13. The topological polar surface area (TPSA) is 83.5 Å². The van der Waals surface area contributed by atoms with Crippen molar-refractivity contribution in [1.29, 1.82) is 0 Å². The van der Waals surface area contributed by atoms with E-state index >= 15 is 0 Å². The molecular formula is C10H16ClNO4. The van der Waals surface area contributed by atoms with E-state index in [0.717, 1.165) is 0 Å². The predicted molar refractivity (Wildman–Crippen MR) is 59.5 cm³/mol. The average molecular weight is 250 g/mol. The minimum absolute atomic E-state index is 0.0219. The van der Waals surface area contributed by atoms with Gasteiger partial charge >= 0.3 is 5.97 Å². The molecule has 0 spiro atoms. The van der Waals surface area contributed by atoms with Crippen molar-refractivity contribution in [2.45, 2.75) is 32.1 Å². The number of carboxylic acids is 1. The Bertz CT molecular complexity index is 255. The van der Waals surface area contributed by atoms with Crippen LogP contribution in [0, 0.1) is 0 Å². The van der Waals surface area contributed by atoms with E-state index in [1.165, 1.54) is 0 Å². The molecule has 1 amide bonds. The van der Waals surface area contributed by atoms with Crippen molar-refractivity contribution in [1.82, 2.24) is 5.32 Å². The molecule has 0 aliphatic carbocycles. The van der Waals surface area contributed by atoms with Crippen LogP contribution in [0.3, 0.4) is 0 Å². The van der Waals surface area contributed by atoms with Gasteiger partial charge in [0.1, 0.15) is 0 Å². The van der Waals surface area contributed by atoms with Gasteiger partial charge in [0.05, 0.1) is 6.54 Å². The van der Waals surface area contributed by atoms with Gasteiger partial charge in [0.15, 0.2) is 5.78 Å². The number of carbonyl (C=O) groups is 3. The van der Waals surface area contributed by atoms with Gasteiger partial charge in [-0.2, -0.15) is 0 Å². The van der Waals surface area contributed by atoms with Crippen molar-refractivity contribution >= 4 is 29.3 Å². The van der Waals surface area contributed by atoms with Gasteiger partial charge < -0.3 is 10.4 Å². The van der Waals surface area contributed by atoms with Gasteiger partial charge in [-0.05, 0) is 12.8 Å². The maximum absolute atomic E-state index is 11.2. The van der Waals surface area contributed by atoms with E-state index in [2.05, 4.69) is 5.32 Å². The van der Waals surface area contributed by atoms with Crippen LogP contribution < -0.4 is 5.32 Å². The third kappa shape index (κ3) is 9.45. The highest BCUT2D eigenvalue weighted by molar-refractivity contribution is 6.17. The second-order valence-electron chi connectivity index (χ2n) is 3.36. The molecule has 0 rings (SSSR count). The Hall–Kier alpha value is -1.10. The summed E-state index contributed by atoms with van der Waals surface area (Å²) in [4.78, 5) is 32.4. The molecule has 0 aromatic carbocycles. The van der Waals surface area contributed by atoms with Crippen molar-refractivity contribution in [2.75, 3.05) is 12.4 Å². The number of carboxylic acid groups (broad SMARTS) is 1. The van der Waals surface area contributed by atoms with Crippen molar-refractivity contribution in [3.05, 3.63) is 0 Å². The Morgan fingerprint density at radius 3 is 2.31 bits per heavy atom. The van der Waals surface area contributed by atoms with Crippen molar-refractivity contribution in [3.63, 3.8) is 0 Å². The molecule has 0 aliphatic rings. The quantitative estimate of drug-likeness (QED) is 0.596. The normalized spacial score (nSPS) is 9.81. The minimum Gasteiger partial charge on any atom is -0.481 e. The van der Waals surface area contributed by atoms with E-state index in [1.54, 1.807) is 0 Å². The first-order valence-electron chi connectivity index (χ1n) is 5.12. The van der Waals surface area contributed by atoms with E-state index in [-0.39, 0.29) is 31.1 Å². The second-order valence-corrected chi connectivity index (χ2v) is 3.73. The van der Waals surface area contributed by atoms with E-state index in [4.69, 9.17) is 16.7 Å². The SMILES string of the molecule is O=C(O)CCCC(=O)CNC(=O)CCCCl. The van der Waals surface area contributed by atoms with E-state index in [9.17, 15) is 14.4 Å². The number of hydrogen-bond acceptors (Lipinski definition) is 3. The predicted octanol–water partition coefficient (Wildman–Crippen LogP) is 0.946. The number of amides is 1. The standard InChI is InChI=1S/C10H16ClNO4/c11-6-2-4-9(14)12-7-8(13)3-1-5-10(15)16/h1-7H2,(H,12,14)(H,15,16). The first kappa shape index (κ1) is 14.9. The highest BCUT2D eigenvalue weighted by atomic mass is 35.5. The first-order valence-corrected chi connectivity index (χ1v) is 5.66. The summed E-state index contributed by atoms with van der Waals surface area (Å²) < 4.78 is 0. The highest BCUT2D eigenvalue weighted by Gasteiger charge is 2.06. The van der Waals surface area contributed by atoms with Crippen LogP contribution in [0.2, 0.25) is 0 Å². The molecular weight excluding hydrogens is 234 g/mol. The Kier molecular flexibility index (Phi) is 8.52. The van der Waals surface area contributed by atoms with Crippen LogP contribution >= 0.6 is 11.6 Å². The summed E-state index contributed by atoms with van der Waals surface area (Å²) in [6.45, 7) is -0.0270. The molecule has 6 heteroatoms. The van der Waals surface area contributed by atoms with Gasteiger partial charge in [-0.3, -0.25) is 14.4 Å². The molecule has 0 saturated heterocycles. The molecule has 0 aliphatic heterocycles. The summed E-state index contributed by atoms with van der Waals surface area (Å²) in [5, 5.41) is 10.8. The molecule has 2 N–H and O–H groups in total. The van der Waals surface area contributed by atoms with Crippen molar-refractivity contribution in [3.8, 4) is 0 Å². The molecule has 0 heterocycles. The zero-order chi connectivity index (χ0) is 12.4. The van der Waals surface area contributed by atoms with Crippen LogP contribution in [0.25, 0.3) is 0 Å². The van der Waals surface area contributed by atoms with Crippen molar-refractivity contribution < 1.29 is 19.5 Å². The van der Waals surface area contributed by atoms with Crippen LogP contribution in [0.5, 0.6) is 0 Å². The molecule has 0 bridgehead atoms. The van der Waals surface area contributed by atoms with E-state index in [0.29, 0.717) is 25.1 Å².